The third kappa shape index (κ3) is 4.41. The number of nitrogens with zero attached hydrogens (tertiary/aromatic N) is 1. The molecule has 0 saturated carbocycles. The molecule has 2 N–H and O–H groups in total. The number of benzene rings is 2. The molecule has 3 rings (SSSR count). The Labute approximate surface area is 152 Å². The van der Waals surface area contributed by atoms with Gasteiger partial charge in [-0.3, -0.25) is 14.5 Å². The maximum atomic E-state index is 12.2. The van der Waals surface area contributed by atoms with Gasteiger partial charge >= 0.3 is 0 Å². The lowest BCUT2D eigenvalue weighted by Gasteiger charge is -2.13. The van der Waals surface area contributed by atoms with Crippen LogP contribution in [0.1, 0.15) is 40.1 Å². The molecule has 128 valence electrons. The molecule has 0 fully saturated rings. The van der Waals surface area contributed by atoms with Crippen molar-refractivity contribution in [1.82, 2.24) is 4.90 Å². The molecule has 4 nitrogen and oxygen atoms in total. The number of imide groups is 1. The van der Waals surface area contributed by atoms with E-state index in [1.165, 1.54) is 22.7 Å². The molecule has 0 unspecified atom stereocenters. The Morgan fingerprint density at radius 1 is 0.917 bits per heavy atom. The van der Waals surface area contributed by atoms with Gasteiger partial charge in [-0.15, -0.1) is 11.7 Å². The molecule has 2 amide bonds. The van der Waals surface area contributed by atoms with Gasteiger partial charge in [-0.2, -0.15) is 0 Å². The average molecular weight is 363 g/mol. The number of carbonyl (C=O) groups is 2. The van der Waals surface area contributed by atoms with Gasteiger partial charge in [0.2, 0.25) is 0 Å². The Bertz CT molecular complexity index is 653. The summed E-state index contributed by atoms with van der Waals surface area (Å²) < 4.78 is 0. The molecule has 0 aromatic heterocycles. The monoisotopic (exact) mass is 362 g/mol. The van der Waals surface area contributed by atoms with E-state index in [0.717, 1.165) is 10.5 Å². The van der Waals surface area contributed by atoms with Crippen LogP contribution in [0, 0.1) is 0 Å². The van der Waals surface area contributed by atoms with Crippen molar-refractivity contribution in [2.45, 2.75) is 25.3 Å². The molecule has 1 aliphatic heterocycles. The van der Waals surface area contributed by atoms with Crippen molar-refractivity contribution in [2.24, 2.45) is 5.73 Å². The van der Waals surface area contributed by atoms with E-state index in [0.29, 0.717) is 17.7 Å². The zero-order chi connectivity index (χ0) is 18.1. The van der Waals surface area contributed by atoms with E-state index in [4.69, 9.17) is 0 Å². The highest BCUT2D eigenvalue weighted by Crippen LogP contribution is 2.25. The van der Waals surface area contributed by atoms with Crippen LogP contribution in [0.3, 0.4) is 0 Å². The lowest BCUT2D eigenvalue weighted by atomic mass is 10.1. The summed E-state index contributed by atoms with van der Waals surface area (Å²) in [4.78, 5) is 26.8. The number of nitrogens with two attached hydrogens (primary N) is 1. The molecule has 2 aromatic carbocycles. The first-order valence-corrected chi connectivity index (χ1v) is 9.51. The maximum absolute atomic E-state index is 12.2. The molecular formula is C18H22N2O2S2. The number of hydrogen-bond acceptors (Lipinski definition) is 5. The standard InChI is InChI=1S/C15H11NO2S2.C2H6.CH5N/c17-14-12-3-1-2-4-13(12)15(18)16(14)9-10-5-7-11(20-19)8-6-10;2*1-2/h1-8,19H,9H2;1-2H3;2H2,1H3. The quantitative estimate of drug-likeness (QED) is 0.492. The largest absolute Gasteiger partial charge is 0.333 e. The molecule has 24 heavy (non-hydrogen) atoms. The van der Waals surface area contributed by atoms with Crippen molar-refractivity contribution < 1.29 is 9.59 Å². The molecular weight excluding hydrogens is 340 g/mol. The van der Waals surface area contributed by atoms with E-state index in [9.17, 15) is 9.59 Å². The number of amides is 2. The smallest absolute Gasteiger partial charge is 0.261 e. The fourth-order valence-corrected chi connectivity index (χ4v) is 2.84. The third-order valence-electron chi connectivity index (χ3n) is 3.25. The topological polar surface area (TPSA) is 63.4 Å². The number of hydrogen-bond donors (Lipinski definition) is 2. The van der Waals surface area contributed by atoms with Crippen molar-refractivity contribution in [3.05, 3.63) is 65.2 Å². The Kier molecular flexibility index (Phi) is 8.60. The van der Waals surface area contributed by atoms with Gasteiger partial charge in [-0.1, -0.05) is 48.9 Å². The van der Waals surface area contributed by atoms with Gasteiger partial charge in [-0.05, 0) is 36.9 Å². The number of carbonyl (C=O) groups excluding carboxylic acids is 2. The zero-order valence-corrected chi connectivity index (χ0v) is 15.7. The van der Waals surface area contributed by atoms with Gasteiger partial charge in [0.25, 0.3) is 11.8 Å². The summed E-state index contributed by atoms with van der Waals surface area (Å²) in [5.74, 6) is -0.448. The van der Waals surface area contributed by atoms with Crippen LogP contribution in [-0.4, -0.2) is 23.8 Å². The minimum Gasteiger partial charge on any atom is -0.333 e. The minimum atomic E-state index is -0.224. The zero-order valence-electron chi connectivity index (χ0n) is 14.0. The van der Waals surface area contributed by atoms with Gasteiger partial charge < -0.3 is 5.73 Å². The summed E-state index contributed by atoms with van der Waals surface area (Å²) in [6, 6.07) is 14.6. The van der Waals surface area contributed by atoms with Crippen LogP contribution < -0.4 is 5.73 Å². The fourth-order valence-electron chi connectivity index (χ4n) is 2.22. The predicted molar refractivity (Wildman–Crippen MR) is 103 cm³/mol. The van der Waals surface area contributed by atoms with Crippen molar-refractivity contribution in [3.8, 4) is 0 Å². The van der Waals surface area contributed by atoms with Crippen LogP contribution in [0.15, 0.2) is 53.4 Å². The van der Waals surface area contributed by atoms with E-state index in [1.807, 2.05) is 38.1 Å². The minimum absolute atomic E-state index is 0.224. The molecule has 0 atom stereocenters. The molecule has 0 saturated heterocycles. The number of rotatable bonds is 3. The Hall–Kier alpha value is -1.76. The number of thiol groups is 1. The normalized spacial score (nSPS) is 12.0. The predicted octanol–water partition coefficient (Wildman–Crippen LogP) is 4.02. The molecule has 0 bridgehead atoms. The Balaban J connectivity index is 0.000000671. The molecule has 0 radical (unpaired) electrons. The van der Waals surface area contributed by atoms with Crippen LogP contribution >= 0.6 is 22.5 Å². The van der Waals surface area contributed by atoms with Gasteiger partial charge in [0.05, 0.1) is 17.7 Å². The van der Waals surface area contributed by atoms with Crippen LogP contribution in [0.5, 0.6) is 0 Å². The lowest BCUT2D eigenvalue weighted by molar-refractivity contribution is 0.0642. The maximum Gasteiger partial charge on any atom is 0.261 e. The van der Waals surface area contributed by atoms with E-state index >= 15 is 0 Å². The van der Waals surface area contributed by atoms with Crippen molar-refractivity contribution in [1.29, 1.82) is 0 Å². The van der Waals surface area contributed by atoms with E-state index in [1.54, 1.807) is 24.3 Å². The Morgan fingerprint density at radius 2 is 1.38 bits per heavy atom. The van der Waals surface area contributed by atoms with Crippen molar-refractivity contribution in [3.63, 3.8) is 0 Å². The second kappa shape index (κ2) is 10.2. The van der Waals surface area contributed by atoms with Gasteiger partial charge in [0, 0.05) is 4.90 Å². The van der Waals surface area contributed by atoms with E-state index in [-0.39, 0.29) is 11.8 Å². The summed E-state index contributed by atoms with van der Waals surface area (Å²) in [5, 5.41) is 0. The van der Waals surface area contributed by atoms with Crippen LogP contribution in [0.4, 0.5) is 0 Å². The summed E-state index contributed by atoms with van der Waals surface area (Å²) in [6.45, 7) is 4.30. The molecule has 1 aliphatic rings. The molecule has 6 heteroatoms. The Morgan fingerprint density at radius 3 is 1.79 bits per heavy atom. The highest BCUT2D eigenvalue weighted by atomic mass is 33.1. The molecule has 2 aromatic rings. The number of fused-ring (bicyclic) bond motifs is 1. The first-order valence-electron chi connectivity index (χ1n) is 7.64. The third-order valence-corrected chi connectivity index (χ3v) is 4.36. The summed E-state index contributed by atoms with van der Waals surface area (Å²) in [7, 11) is 2.86. The second-order valence-corrected chi connectivity index (χ2v) is 5.68. The summed E-state index contributed by atoms with van der Waals surface area (Å²) >= 11 is 4.12. The SMILES string of the molecule is CC.CN.O=C1c2ccccc2C(=O)N1Cc1ccc(SS)cc1. The first-order chi connectivity index (χ1) is 11.7. The molecule has 0 aliphatic carbocycles. The summed E-state index contributed by atoms with van der Waals surface area (Å²) in [5.41, 5.74) is 6.39. The highest BCUT2D eigenvalue weighted by Gasteiger charge is 2.34. The first kappa shape index (κ1) is 20.3. The van der Waals surface area contributed by atoms with Crippen LogP contribution in [0.2, 0.25) is 0 Å². The van der Waals surface area contributed by atoms with Crippen molar-refractivity contribution >= 4 is 34.3 Å². The van der Waals surface area contributed by atoms with Crippen LogP contribution in [0.25, 0.3) is 0 Å². The van der Waals surface area contributed by atoms with Crippen LogP contribution in [-0.2, 0) is 6.54 Å². The van der Waals surface area contributed by atoms with E-state index in [2.05, 4.69) is 17.4 Å². The average Bonchev–Trinajstić information content (AvgIpc) is 2.91. The van der Waals surface area contributed by atoms with Gasteiger partial charge in [0.1, 0.15) is 0 Å². The van der Waals surface area contributed by atoms with E-state index < -0.39 is 0 Å². The van der Waals surface area contributed by atoms with Gasteiger partial charge in [0.15, 0.2) is 0 Å². The summed E-state index contributed by atoms with van der Waals surface area (Å²) in [6.07, 6.45) is 0. The second-order valence-electron chi connectivity index (χ2n) is 4.48. The molecule has 1 heterocycles. The van der Waals surface area contributed by atoms with Crippen molar-refractivity contribution in [2.75, 3.05) is 7.05 Å². The lowest BCUT2D eigenvalue weighted by Crippen LogP contribution is -2.29. The fraction of sp³-hybridized carbons (Fsp3) is 0.222. The van der Waals surface area contributed by atoms with Gasteiger partial charge in [-0.25, -0.2) is 0 Å². The highest BCUT2D eigenvalue weighted by molar-refractivity contribution is 8.68. The molecule has 0 spiro atoms.